The van der Waals surface area contributed by atoms with Crippen LogP contribution in [0.3, 0.4) is 0 Å². The molecule has 0 N–H and O–H groups in total. The minimum atomic E-state index is 1.19. The van der Waals surface area contributed by atoms with Gasteiger partial charge in [-0.25, -0.2) is 0 Å². The van der Waals surface area contributed by atoms with Crippen LogP contribution in [0.1, 0.15) is 52.4 Å². The van der Waals surface area contributed by atoms with E-state index in [-0.39, 0.29) is 0 Å². The third-order valence-corrected chi connectivity index (χ3v) is 2.17. The molecule has 0 saturated heterocycles. The normalized spacial score (nSPS) is 9.73. The smallest absolute Gasteiger partial charge is 0.00344 e. The number of halogens is 1. The maximum absolute atomic E-state index is 5.68. The number of allylic oxidation sites excluding steroid dienone is 1. The van der Waals surface area contributed by atoms with E-state index >= 15 is 0 Å². The first-order valence-electron chi connectivity index (χ1n) is 4.63. The summed E-state index contributed by atoms with van der Waals surface area (Å²) in [7, 11) is 0. The SMILES string of the molecule is CCCCC(=CCl)CCCC. The summed E-state index contributed by atoms with van der Waals surface area (Å²) < 4.78 is 0. The molecule has 0 amide bonds. The van der Waals surface area contributed by atoms with E-state index in [9.17, 15) is 0 Å². The topological polar surface area (TPSA) is 0 Å². The summed E-state index contributed by atoms with van der Waals surface area (Å²) in [6.07, 6.45) is 7.48. The van der Waals surface area contributed by atoms with Crippen molar-refractivity contribution < 1.29 is 0 Å². The average Bonchev–Trinajstić information content (AvgIpc) is 2.05. The van der Waals surface area contributed by atoms with Crippen molar-refractivity contribution in [3.05, 3.63) is 11.1 Å². The van der Waals surface area contributed by atoms with E-state index in [1.807, 2.05) is 0 Å². The third kappa shape index (κ3) is 6.43. The van der Waals surface area contributed by atoms with Crippen molar-refractivity contribution in [3.8, 4) is 0 Å². The van der Waals surface area contributed by atoms with E-state index in [4.69, 9.17) is 11.6 Å². The first-order valence-corrected chi connectivity index (χ1v) is 5.06. The molecule has 11 heavy (non-hydrogen) atoms. The van der Waals surface area contributed by atoms with E-state index in [2.05, 4.69) is 13.8 Å². The van der Waals surface area contributed by atoms with Crippen LogP contribution in [-0.2, 0) is 0 Å². The molecule has 0 aromatic carbocycles. The van der Waals surface area contributed by atoms with Crippen LogP contribution in [0.2, 0.25) is 0 Å². The monoisotopic (exact) mass is 174 g/mol. The van der Waals surface area contributed by atoms with Crippen molar-refractivity contribution in [3.63, 3.8) is 0 Å². The molecule has 0 atom stereocenters. The summed E-state index contributed by atoms with van der Waals surface area (Å²) in [5.41, 5.74) is 3.20. The summed E-state index contributed by atoms with van der Waals surface area (Å²) in [4.78, 5) is 0. The van der Waals surface area contributed by atoms with Gasteiger partial charge in [-0.2, -0.15) is 0 Å². The summed E-state index contributed by atoms with van der Waals surface area (Å²) in [5, 5.41) is 0. The highest BCUT2D eigenvalue weighted by molar-refractivity contribution is 6.25. The van der Waals surface area contributed by atoms with Gasteiger partial charge in [0, 0.05) is 5.54 Å². The molecule has 1 heteroatoms. The van der Waals surface area contributed by atoms with Gasteiger partial charge in [0.25, 0.3) is 0 Å². The highest BCUT2D eigenvalue weighted by atomic mass is 35.5. The number of hydrogen-bond donors (Lipinski definition) is 0. The number of hydrogen-bond acceptors (Lipinski definition) is 0. The highest BCUT2D eigenvalue weighted by Crippen LogP contribution is 2.15. The molecule has 0 spiro atoms. The van der Waals surface area contributed by atoms with Crippen molar-refractivity contribution in [2.75, 3.05) is 0 Å². The van der Waals surface area contributed by atoms with Crippen molar-refractivity contribution in [1.82, 2.24) is 0 Å². The van der Waals surface area contributed by atoms with Gasteiger partial charge in [-0.15, -0.1) is 0 Å². The Morgan fingerprint density at radius 3 is 1.82 bits per heavy atom. The van der Waals surface area contributed by atoms with Crippen molar-refractivity contribution in [2.24, 2.45) is 0 Å². The summed E-state index contributed by atoms with van der Waals surface area (Å²) in [6.45, 7) is 4.43. The molecule has 0 aliphatic carbocycles. The fourth-order valence-corrected chi connectivity index (χ4v) is 1.26. The zero-order valence-corrected chi connectivity index (χ0v) is 8.45. The van der Waals surface area contributed by atoms with E-state index in [1.54, 1.807) is 5.54 Å². The Hall–Kier alpha value is 0.0300. The molecule has 0 bridgehead atoms. The van der Waals surface area contributed by atoms with Crippen molar-refractivity contribution in [2.45, 2.75) is 52.4 Å². The minimum Gasteiger partial charge on any atom is -0.0930 e. The van der Waals surface area contributed by atoms with Gasteiger partial charge in [0.15, 0.2) is 0 Å². The number of unbranched alkanes of at least 4 members (excludes halogenated alkanes) is 2. The molecule has 0 aliphatic rings. The van der Waals surface area contributed by atoms with Crippen LogP contribution >= 0.6 is 11.6 Å². The second kappa shape index (κ2) is 8.13. The fourth-order valence-electron chi connectivity index (χ4n) is 1.04. The fraction of sp³-hybridized carbons (Fsp3) is 0.800. The Labute approximate surface area is 75.6 Å². The first kappa shape index (κ1) is 11.0. The molecule has 0 aliphatic heterocycles. The molecule has 0 heterocycles. The van der Waals surface area contributed by atoms with E-state index < -0.39 is 0 Å². The van der Waals surface area contributed by atoms with Gasteiger partial charge >= 0.3 is 0 Å². The lowest BCUT2D eigenvalue weighted by Crippen LogP contribution is -1.83. The van der Waals surface area contributed by atoms with Gasteiger partial charge in [0.2, 0.25) is 0 Å². The van der Waals surface area contributed by atoms with Crippen LogP contribution in [0.5, 0.6) is 0 Å². The zero-order chi connectivity index (χ0) is 8.53. The van der Waals surface area contributed by atoms with Crippen molar-refractivity contribution in [1.29, 1.82) is 0 Å². The van der Waals surface area contributed by atoms with Gasteiger partial charge in [-0.3, -0.25) is 0 Å². The van der Waals surface area contributed by atoms with Crippen LogP contribution in [0.15, 0.2) is 11.1 Å². The second-order valence-corrected chi connectivity index (χ2v) is 3.19. The van der Waals surface area contributed by atoms with Gasteiger partial charge in [0.1, 0.15) is 0 Å². The predicted molar refractivity (Wildman–Crippen MR) is 53.0 cm³/mol. The lowest BCUT2D eigenvalue weighted by Gasteiger charge is -2.03. The first-order chi connectivity index (χ1) is 5.35. The Morgan fingerprint density at radius 2 is 1.55 bits per heavy atom. The van der Waals surface area contributed by atoms with Crippen LogP contribution in [0, 0.1) is 0 Å². The average molecular weight is 175 g/mol. The van der Waals surface area contributed by atoms with E-state index in [0.29, 0.717) is 0 Å². The summed E-state index contributed by atoms with van der Waals surface area (Å²) in [6, 6.07) is 0. The molecule has 0 nitrogen and oxygen atoms in total. The zero-order valence-electron chi connectivity index (χ0n) is 7.70. The molecular weight excluding hydrogens is 156 g/mol. The van der Waals surface area contributed by atoms with Crippen LogP contribution in [0.25, 0.3) is 0 Å². The summed E-state index contributed by atoms with van der Waals surface area (Å²) in [5.74, 6) is 0. The second-order valence-electron chi connectivity index (χ2n) is 2.97. The molecule has 0 aromatic heterocycles. The van der Waals surface area contributed by atoms with Gasteiger partial charge < -0.3 is 0 Å². The lowest BCUT2D eigenvalue weighted by atomic mass is 10.1. The molecular formula is C10H19Cl. The molecule has 0 radical (unpaired) electrons. The molecule has 0 rings (SSSR count). The Bertz CT molecular complexity index is 95.4. The Balaban J connectivity index is 3.43. The van der Waals surface area contributed by atoms with E-state index in [1.165, 1.54) is 44.1 Å². The highest BCUT2D eigenvalue weighted by Gasteiger charge is 1.94. The standard InChI is InChI=1S/C10H19Cl/c1-3-5-7-10(9-11)8-6-4-2/h9H,3-8H2,1-2H3. The Kier molecular flexibility index (Phi) is 8.15. The molecule has 0 aromatic rings. The lowest BCUT2D eigenvalue weighted by molar-refractivity contribution is 0.714. The van der Waals surface area contributed by atoms with Gasteiger partial charge in [0.05, 0.1) is 0 Å². The van der Waals surface area contributed by atoms with Crippen LogP contribution in [-0.4, -0.2) is 0 Å². The molecule has 0 unspecified atom stereocenters. The van der Waals surface area contributed by atoms with Crippen LogP contribution in [0.4, 0.5) is 0 Å². The third-order valence-electron chi connectivity index (χ3n) is 1.86. The molecule has 66 valence electrons. The van der Waals surface area contributed by atoms with Gasteiger partial charge in [-0.05, 0) is 25.7 Å². The van der Waals surface area contributed by atoms with Crippen LogP contribution < -0.4 is 0 Å². The maximum Gasteiger partial charge on any atom is 0.00344 e. The molecule has 0 saturated carbocycles. The molecule has 0 fully saturated rings. The largest absolute Gasteiger partial charge is 0.0930 e. The maximum atomic E-state index is 5.68. The summed E-state index contributed by atoms with van der Waals surface area (Å²) >= 11 is 5.68. The number of rotatable bonds is 6. The van der Waals surface area contributed by atoms with E-state index in [0.717, 1.165) is 0 Å². The predicted octanol–water partition coefficient (Wildman–Crippen LogP) is 4.49. The quantitative estimate of drug-likeness (QED) is 0.557. The minimum absolute atomic E-state index is 1.19. The Morgan fingerprint density at radius 1 is 1.09 bits per heavy atom. The van der Waals surface area contributed by atoms with Crippen molar-refractivity contribution >= 4 is 11.6 Å². The van der Waals surface area contributed by atoms with Gasteiger partial charge in [-0.1, -0.05) is 43.9 Å².